The second-order valence-electron chi connectivity index (χ2n) is 3.62. The van der Waals surface area contributed by atoms with Crippen LogP contribution in [-0.4, -0.2) is 34.8 Å². The molecular formula is C12H16O4S. The molecule has 4 nitrogen and oxygen atoms in total. The monoisotopic (exact) mass is 256 g/mol. The third-order valence-corrected chi connectivity index (χ3v) is 3.55. The lowest BCUT2D eigenvalue weighted by Crippen LogP contribution is -2.09. The predicted octanol–water partition coefficient (Wildman–Crippen LogP) is 1.21. The molecule has 1 aromatic rings. The van der Waals surface area contributed by atoms with E-state index in [9.17, 15) is 9.00 Å². The Morgan fingerprint density at radius 2 is 2.00 bits per heavy atom. The molecule has 1 aromatic carbocycles. The molecule has 0 fully saturated rings. The molecule has 1 atom stereocenters. The minimum absolute atomic E-state index is 0.0301. The van der Waals surface area contributed by atoms with Crippen LogP contribution in [0.5, 0.6) is 0 Å². The molecule has 1 unspecified atom stereocenters. The molecule has 0 aromatic heterocycles. The van der Waals surface area contributed by atoms with E-state index >= 15 is 0 Å². The summed E-state index contributed by atoms with van der Waals surface area (Å²) in [5.74, 6) is -0.0230. The van der Waals surface area contributed by atoms with Gasteiger partial charge in [0.15, 0.2) is 0 Å². The lowest BCUT2D eigenvalue weighted by Gasteiger charge is -2.07. The zero-order valence-corrected chi connectivity index (χ0v) is 10.5. The summed E-state index contributed by atoms with van der Waals surface area (Å²) in [5, 5.41) is 8.77. The number of ether oxygens (including phenoxy) is 1. The molecule has 94 valence electrons. The largest absolute Gasteiger partial charge is 0.481 e. The molecule has 1 N–H and O–H groups in total. The second kappa shape index (κ2) is 7.19. The third kappa shape index (κ3) is 5.10. The Bertz CT molecular complexity index is 403. The van der Waals surface area contributed by atoms with Gasteiger partial charge in [-0.2, -0.15) is 0 Å². The molecule has 0 amide bonds. The van der Waals surface area contributed by atoms with Gasteiger partial charge in [0, 0.05) is 29.4 Å². The molecule has 0 saturated heterocycles. The van der Waals surface area contributed by atoms with Gasteiger partial charge in [-0.25, -0.2) is 0 Å². The minimum atomic E-state index is -1.01. The summed E-state index contributed by atoms with van der Waals surface area (Å²) in [7, 11) is 0.551. The highest BCUT2D eigenvalue weighted by Crippen LogP contribution is 2.12. The Balaban J connectivity index is 2.69. The quantitative estimate of drug-likeness (QED) is 0.796. The zero-order valence-electron chi connectivity index (χ0n) is 9.72. The van der Waals surface area contributed by atoms with Gasteiger partial charge in [-0.05, 0) is 11.1 Å². The summed E-state index contributed by atoms with van der Waals surface area (Å²) in [6.45, 7) is 0.452. The number of methoxy groups -OCH3 is 1. The number of carboxylic acids is 1. The molecule has 17 heavy (non-hydrogen) atoms. The normalized spacial score (nSPS) is 12.3. The van der Waals surface area contributed by atoms with Gasteiger partial charge in [-0.1, -0.05) is 24.3 Å². The van der Waals surface area contributed by atoms with Gasteiger partial charge in [0.05, 0.1) is 13.0 Å². The summed E-state index contributed by atoms with van der Waals surface area (Å²) in [6, 6.07) is 7.20. The molecule has 0 spiro atoms. The molecule has 0 bridgehead atoms. The van der Waals surface area contributed by atoms with Gasteiger partial charge in [0.2, 0.25) is 0 Å². The molecule has 0 saturated carbocycles. The van der Waals surface area contributed by atoms with Crippen molar-refractivity contribution in [3.63, 3.8) is 0 Å². The number of hydrogen-bond donors (Lipinski definition) is 1. The SMILES string of the molecule is COCCS(=O)Cc1ccccc1CC(=O)O. The predicted molar refractivity (Wildman–Crippen MR) is 66.4 cm³/mol. The van der Waals surface area contributed by atoms with E-state index in [4.69, 9.17) is 9.84 Å². The highest BCUT2D eigenvalue weighted by molar-refractivity contribution is 7.84. The summed E-state index contributed by atoms with van der Waals surface area (Å²) in [5.41, 5.74) is 1.56. The van der Waals surface area contributed by atoms with Gasteiger partial charge in [0.1, 0.15) is 0 Å². The molecule has 0 heterocycles. The smallest absolute Gasteiger partial charge is 0.307 e. The zero-order chi connectivity index (χ0) is 12.7. The second-order valence-corrected chi connectivity index (χ2v) is 5.20. The highest BCUT2D eigenvalue weighted by Gasteiger charge is 2.09. The van der Waals surface area contributed by atoms with Crippen LogP contribution >= 0.6 is 0 Å². The molecule has 0 aliphatic heterocycles. The van der Waals surface area contributed by atoms with Crippen molar-refractivity contribution < 1.29 is 18.8 Å². The van der Waals surface area contributed by atoms with Gasteiger partial charge >= 0.3 is 5.97 Å². The first-order valence-electron chi connectivity index (χ1n) is 5.26. The van der Waals surface area contributed by atoms with Crippen LogP contribution in [0, 0.1) is 0 Å². The van der Waals surface area contributed by atoms with E-state index < -0.39 is 16.8 Å². The van der Waals surface area contributed by atoms with Gasteiger partial charge in [0.25, 0.3) is 0 Å². The van der Waals surface area contributed by atoms with Crippen molar-refractivity contribution in [3.8, 4) is 0 Å². The maximum absolute atomic E-state index is 11.7. The lowest BCUT2D eigenvalue weighted by molar-refractivity contribution is -0.136. The standard InChI is InChI=1S/C12H16O4S/c1-16-6-7-17(15)9-11-5-3-2-4-10(11)8-12(13)14/h2-5H,6-9H2,1H3,(H,13,14). The number of carbonyl (C=O) groups is 1. The van der Waals surface area contributed by atoms with Crippen LogP contribution in [0.2, 0.25) is 0 Å². The van der Waals surface area contributed by atoms with Crippen molar-refractivity contribution in [3.05, 3.63) is 35.4 Å². The number of rotatable bonds is 7. The van der Waals surface area contributed by atoms with Crippen LogP contribution in [0.3, 0.4) is 0 Å². The van der Waals surface area contributed by atoms with Crippen LogP contribution in [-0.2, 0) is 32.5 Å². The van der Waals surface area contributed by atoms with E-state index in [-0.39, 0.29) is 6.42 Å². The lowest BCUT2D eigenvalue weighted by atomic mass is 10.1. The molecular weight excluding hydrogens is 240 g/mol. The van der Waals surface area contributed by atoms with Crippen LogP contribution in [0.4, 0.5) is 0 Å². The maximum Gasteiger partial charge on any atom is 0.307 e. The van der Waals surface area contributed by atoms with E-state index in [0.29, 0.717) is 18.1 Å². The van der Waals surface area contributed by atoms with E-state index in [1.54, 1.807) is 19.2 Å². The Hall–Kier alpha value is -1.20. The maximum atomic E-state index is 11.7. The topological polar surface area (TPSA) is 63.6 Å². The fraction of sp³-hybridized carbons (Fsp3) is 0.417. The Morgan fingerprint density at radius 3 is 2.59 bits per heavy atom. The first kappa shape index (κ1) is 13.9. The number of benzene rings is 1. The highest BCUT2D eigenvalue weighted by atomic mass is 32.2. The first-order valence-corrected chi connectivity index (χ1v) is 6.74. The van der Waals surface area contributed by atoms with Crippen molar-refractivity contribution in [1.29, 1.82) is 0 Å². The van der Waals surface area contributed by atoms with Crippen molar-refractivity contribution >= 4 is 16.8 Å². The Kier molecular flexibility index (Phi) is 5.86. The van der Waals surface area contributed by atoms with Crippen molar-refractivity contribution in [2.45, 2.75) is 12.2 Å². The Morgan fingerprint density at radius 1 is 1.35 bits per heavy atom. The number of aliphatic carboxylic acids is 1. The van der Waals surface area contributed by atoms with Gasteiger partial charge in [-0.3, -0.25) is 9.00 Å². The number of hydrogen-bond acceptors (Lipinski definition) is 3. The van der Waals surface area contributed by atoms with Crippen molar-refractivity contribution in [2.75, 3.05) is 19.5 Å². The third-order valence-electron chi connectivity index (χ3n) is 2.29. The first-order chi connectivity index (χ1) is 8.13. The van der Waals surface area contributed by atoms with E-state index in [0.717, 1.165) is 11.1 Å². The molecule has 5 heteroatoms. The van der Waals surface area contributed by atoms with Crippen LogP contribution in [0.1, 0.15) is 11.1 Å². The summed E-state index contributed by atoms with van der Waals surface area (Å²) >= 11 is 0. The summed E-state index contributed by atoms with van der Waals surface area (Å²) < 4.78 is 16.6. The van der Waals surface area contributed by atoms with E-state index in [1.807, 2.05) is 12.1 Å². The van der Waals surface area contributed by atoms with E-state index in [2.05, 4.69) is 0 Å². The fourth-order valence-electron chi connectivity index (χ4n) is 1.46. The molecule has 0 radical (unpaired) electrons. The number of carboxylic acid groups (broad SMARTS) is 1. The van der Waals surface area contributed by atoms with E-state index in [1.165, 1.54) is 0 Å². The van der Waals surface area contributed by atoms with Crippen LogP contribution < -0.4 is 0 Å². The Labute approximate surface area is 103 Å². The molecule has 0 aliphatic rings. The minimum Gasteiger partial charge on any atom is -0.481 e. The van der Waals surface area contributed by atoms with Crippen molar-refractivity contribution in [1.82, 2.24) is 0 Å². The molecule has 1 rings (SSSR count). The van der Waals surface area contributed by atoms with Crippen LogP contribution in [0.25, 0.3) is 0 Å². The molecule has 0 aliphatic carbocycles. The van der Waals surface area contributed by atoms with Crippen LogP contribution in [0.15, 0.2) is 24.3 Å². The van der Waals surface area contributed by atoms with Crippen molar-refractivity contribution in [2.24, 2.45) is 0 Å². The summed E-state index contributed by atoms with van der Waals surface area (Å²) in [4.78, 5) is 10.7. The summed E-state index contributed by atoms with van der Waals surface area (Å²) in [6.07, 6.45) is -0.0301. The average Bonchev–Trinajstić information content (AvgIpc) is 2.28. The van der Waals surface area contributed by atoms with Gasteiger partial charge in [-0.15, -0.1) is 0 Å². The average molecular weight is 256 g/mol. The fourth-order valence-corrected chi connectivity index (χ4v) is 2.58. The van der Waals surface area contributed by atoms with Gasteiger partial charge < -0.3 is 9.84 Å².